The Labute approximate surface area is 67.4 Å². The van der Waals surface area contributed by atoms with Crippen LogP contribution in [0.3, 0.4) is 0 Å². The second-order valence-corrected chi connectivity index (χ2v) is 1.37. The molecular weight excluding hydrogens is 207 g/mol. The van der Waals surface area contributed by atoms with Crippen molar-refractivity contribution in [2.75, 3.05) is 0 Å². The Morgan fingerprint density at radius 3 is 1.88 bits per heavy atom. The Hall–Kier alpha value is 0.0801. The molecule has 2 nitrogen and oxygen atoms in total. The standard InChI is InChI=1S/C5H8O2.In/c1-4(6)3-5(2)7;/h3,6H,1-2H3;/q;+3/p-1/b4-3+;. The molecule has 0 unspecified atom stereocenters. The van der Waals surface area contributed by atoms with E-state index in [0.29, 0.717) is 0 Å². The Morgan fingerprint density at radius 2 is 1.88 bits per heavy atom. The van der Waals surface area contributed by atoms with Gasteiger partial charge in [0.1, 0.15) is 0 Å². The van der Waals surface area contributed by atoms with Crippen LogP contribution in [0, 0.1) is 0 Å². The van der Waals surface area contributed by atoms with Gasteiger partial charge in [0.2, 0.25) is 0 Å². The third-order valence-corrected chi connectivity index (χ3v) is 0.407. The van der Waals surface area contributed by atoms with E-state index in [0.717, 1.165) is 6.08 Å². The molecule has 0 aromatic carbocycles. The van der Waals surface area contributed by atoms with Gasteiger partial charge in [0, 0.05) is 0 Å². The number of carbonyl (C=O) groups excluding carboxylic acids is 1. The fourth-order valence-corrected chi connectivity index (χ4v) is 0.286. The van der Waals surface area contributed by atoms with Crippen molar-refractivity contribution in [1.82, 2.24) is 0 Å². The summed E-state index contributed by atoms with van der Waals surface area (Å²) >= 11 is 0. The fraction of sp³-hybridized carbons (Fsp3) is 0.400. The van der Waals surface area contributed by atoms with Crippen molar-refractivity contribution < 1.29 is 9.90 Å². The summed E-state index contributed by atoms with van der Waals surface area (Å²) in [4.78, 5) is 9.98. The molecule has 0 saturated carbocycles. The van der Waals surface area contributed by atoms with Crippen LogP contribution >= 0.6 is 0 Å². The maximum Gasteiger partial charge on any atom is 3.00 e. The molecule has 0 amide bonds. The van der Waals surface area contributed by atoms with E-state index < -0.39 is 0 Å². The Bertz CT molecular complexity index is 103. The number of ketones is 1. The zero-order chi connectivity index (χ0) is 5.86. The van der Waals surface area contributed by atoms with Gasteiger partial charge in [-0.15, -0.1) is 5.76 Å². The minimum Gasteiger partial charge on any atom is -0.876 e. The van der Waals surface area contributed by atoms with E-state index >= 15 is 0 Å². The van der Waals surface area contributed by atoms with Crippen molar-refractivity contribution >= 4 is 31.6 Å². The first kappa shape index (κ1) is 11.0. The summed E-state index contributed by atoms with van der Waals surface area (Å²) in [5.41, 5.74) is 0. The SMILES string of the molecule is CC(=O)/C=C(\C)[O-].[In+3]. The number of hydrogen-bond donors (Lipinski definition) is 0. The maximum atomic E-state index is 9.98. The fourth-order valence-electron chi connectivity index (χ4n) is 0.286. The molecule has 8 heavy (non-hydrogen) atoms. The summed E-state index contributed by atoms with van der Waals surface area (Å²) in [6.45, 7) is 2.70. The van der Waals surface area contributed by atoms with Crippen LogP contribution in [-0.2, 0) is 4.79 Å². The van der Waals surface area contributed by atoms with Gasteiger partial charge < -0.3 is 5.11 Å². The summed E-state index contributed by atoms with van der Waals surface area (Å²) in [5, 5.41) is 9.98. The molecule has 0 aromatic rings. The van der Waals surface area contributed by atoms with Crippen LogP contribution in [-0.4, -0.2) is 31.6 Å². The van der Waals surface area contributed by atoms with Gasteiger partial charge in [-0.2, -0.15) is 0 Å². The van der Waals surface area contributed by atoms with Crippen molar-refractivity contribution in [1.29, 1.82) is 0 Å². The number of rotatable bonds is 1. The number of carbonyl (C=O) groups is 1. The van der Waals surface area contributed by atoms with Crippen LogP contribution < -0.4 is 5.11 Å². The van der Waals surface area contributed by atoms with Crippen LogP contribution in [0.25, 0.3) is 0 Å². The monoisotopic (exact) mass is 214 g/mol. The Morgan fingerprint density at radius 1 is 1.50 bits per heavy atom. The summed E-state index contributed by atoms with van der Waals surface area (Å²) in [7, 11) is 0. The molecule has 0 aliphatic carbocycles. The van der Waals surface area contributed by atoms with Gasteiger partial charge in [-0.05, 0) is 13.0 Å². The first-order valence-corrected chi connectivity index (χ1v) is 1.99. The average Bonchev–Trinajstić information content (AvgIpc) is 1.27. The zero-order valence-electron chi connectivity index (χ0n) is 4.97. The van der Waals surface area contributed by atoms with Gasteiger partial charge in [-0.3, -0.25) is 4.79 Å². The second-order valence-electron chi connectivity index (χ2n) is 1.37. The molecule has 0 aliphatic rings. The molecule has 0 atom stereocenters. The molecule has 0 N–H and O–H groups in total. The minimum atomic E-state index is -0.187. The van der Waals surface area contributed by atoms with E-state index in [9.17, 15) is 9.90 Å². The first-order chi connectivity index (χ1) is 3.13. The van der Waals surface area contributed by atoms with E-state index in [1.807, 2.05) is 0 Å². The second kappa shape index (κ2) is 5.22. The van der Waals surface area contributed by atoms with Gasteiger partial charge in [0.25, 0.3) is 0 Å². The van der Waals surface area contributed by atoms with Crippen molar-refractivity contribution in [2.24, 2.45) is 0 Å². The minimum absolute atomic E-state index is 0. The zero-order valence-corrected chi connectivity index (χ0v) is 8.27. The smallest absolute Gasteiger partial charge is 0.876 e. The molecule has 0 rings (SSSR count). The van der Waals surface area contributed by atoms with Gasteiger partial charge in [-0.25, -0.2) is 0 Å². The van der Waals surface area contributed by atoms with E-state index in [-0.39, 0.29) is 37.4 Å². The molecule has 0 bridgehead atoms. The number of allylic oxidation sites excluding steroid dienone is 2. The molecular formula is C5H7InO2+2. The van der Waals surface area contributed by atoms with Crippen LogP contribution in [0.2, 0.25) is 0 Å². The molecule has 0 spiro atoms. The van der Waals surface area contributed by atoms with Crippen molar-refractivity contribution in [3.8, 4) is 0 Å². The van der Waals surface area contributed by atoms with Crippen molar-refractivity contribution in [3.63, 3.8) is 0 Å². The third-order valence-electron chi connectivity index (χ3n) is 0.407. The van der Waals surface area contributed by atoms with Gasteiger partial charge >= 0.3 is 25.8 Å². The van der Waals surface area contributed by atoms with Gasteiger partial charge in [-0.1, -0.05) is 6.92 Å². The van der Waals surface area contributed by atoms with E-state index in [4.69, 9.17) is 0 Å². The summed E-state index contributed by atoms with van der Waals surface area (Å²) < 4.78 is 0. The molecule has 0 radical (unpaired) electrons. The van der Waals surface area contributed by atoms with Crippen LogP contribution in [0.5, 0.6) is 0 Å². The molecule has 40 valence electrons. The van der Waals surface area contributed by atoms with Crippen molar-refractivity contribution in [2.45, 2.75) is 13.8 Å². The van der Waals surface area contributed by atoms with E-state index in [1.54, 1.807) is 0 Å². The Balaban J connectivity index is 0. The van der Waals surface area contributed by atoms with Crippen LogP contribution in [0.1, 0.15) is 13.8 Å². The predicted octanol–water partition coefficient (Wildman–Crippen LogP) is -0.541. The molecule has 0 saturated heterocycles. The third kappa shape index (κ3) is 9.43. The maximum absolute atomic E-state index is 9.98. The van der Waals surface area contributed by atoms with Gasteiger partial charge in [0.05, 0.1) is 0 Å². The van der Waals surface area contributed by atoms with E-state index in [1.165, 1.54) is 13.8 Å². The molecule has 0 aliphatic heterocycles. The molecule has 0 aromatic heterocycles. The first-order valence-electron chi connectivity index (χ1n) is 1.99. The quantitative estimate of drug-likeness (QED) is 0.434. The van der Waals surface area contributed by atoms with Crippen LogP contribution in [0.4, 0.5) is 0 Å². The van der Waals surface area contributed by atoms with Gasteiger partial charge in [0.15, 0.2) is 5.78 Å². The molecule has 0 fully saturated rings. The molecule has 3 heteroatoms. The normalized spacial score (nSPS) is 10.0. The topological polar surface area (TPSA) is 40.1 Å². The largest absolute Gasteiger partial charge is 3.00 e. The van der Waals surface area contributed by atoms with Crippen LogP contribution in [0.15, 0.2) is 11.8 Å². The van der Waals surface area contributed by atoms with Crippen molar-refractivity contribution in [3.05, 3.63) is 11.8 Å². The summed E-state index contributed by atoms with van der Waals surface area (Å²) in [6.07, 6.45) is 1.06. The predicted molar refractivity (Wildman–Crippen MR) is 30.2 cm³/mol. The number of hydrogen-bond acceptors (Lipinski definition) is 2. The average molecular weight is 214 g/mol. The molecule has 0 heterocycles. The summed E-state index contributed by atoms with van der Waals surface area (Å²) in [5.74, 6) is -0.375. The summed E-state index contributed by atoms with van der Waals surface area (Å²) in [6, 6.07) is 0. The van der Waals surface area contributed by atoms with E-state index in [2.05, 4.69) is 0 Å². The Kier molecular flexibility index (Phi) is 7.15.